The van der Waals surface area contributed by atoms with Crippen LogP contribution in [0.3, 0.4) is 0 Å². The van der Waals surface area contributed by atoms with Gasteiger partial charge in [0, 0.05) is 12.2 Å². The average molecular weight is 362 g/mol. The van der Waals surface area contributed by atoms with Gasteiger partial charge in [0.25, 0.3) is 5.91 Å². The van der Waals surface area contributed by atoms with Crippen molar-refractivity contribution in [2.24, 2.45) is 0 Å². The number of carbonyl (C=O) groups excluding carboxylic acids is 1. The lowest BCUT2D eigenvalue weighted by Crippen LogP contribution is -2.36. The number of hydrogen-bond donors (Lipinski definition) is 1. The molecule has 5 nitrogen and oxygen atoms in total. The first-order chi connectivity index (χ1) is 13.3. The number of hydroxylamine groups is 2. The van der Waals surface area contributed by atoms with Crippen molar-refractivity contribution in [3.05, 3.63) is 84.3 Å². The summed E-state index contributed by atoms with van der Waals surface area (Å²) in [6.45, 7) is 0.825. The summed E-state index contributed by atoms with van der Waals surface area (Å²) in [6.07, 6.45) is 3.11. The van der Waals surface area contributed by atoms with Crippen LogP contribution in [0.25, 0.3) is 0 Å². The number of rotatable bonds is 5. The maximum Gasteiger partial charge on any atom is 0.291 e. The van der Waals surface area contributed by atoms with E-state index in [1.54, 1.807) is 6.07 Å². The number of carbonyl (C=O) groups is 1. The van der Waals surface area contributed by atoms with Gasteiger partial charge in [-0.05, 0) is 55.7 Å². The second kappa shape index (κ2) is 8.10. The van der Waals surface area contributed by atoms with Gasteiger partial charge in [-0.25, -0.2) is 0 Å². The summed E-state index contributed by atoms with van der Waals surface area (Å²) in [7, 11) is 0. The highest BCUT2D eigenvalue weighted by Crippen LogP contribution is 2.33. The van der Waals surface area contributed by atoms with Gasteiger partial charge in [-0.2, -0.15) is 0 Å². The number of nitrogens with one attached hydrogen (secondary N) is 1. The molecule has 5 heteroatoms. The molecule has 4 rings (SSSR count). The molecule has 1 aliphatic rings. The van der Waals surface area contributed by atoms with E-state index in [2.05, 4.69) is 5.32 Å². The highest BCUT2D eigenvalue weighted by Gasteiger charge is 2.29. The van der Waals surface area contributed by atoms with Crippen molar-refractivity contribution in [1.82, 2.24) is 5.06 Å². The van der Waals surface area contributed by atoms with Crippen LogP contribution in [0.2, 0.25) is 0 Å². The zero-order valence-corrected chi connectivity index (χ0v) is 15.0. The van der Waals surface area contributed by atoms with Gasteiger partial charge in [0.15, 0.2) is 5.76 Å². The van der Waals surface area contributed by atoms with Crippen molar-refractivity contribution >= 4 is 11.6 Å². The Kier molecular flexibility index (Phi) is 5.21. The van der Waals surface area contributed by atoms with E-state index in [4.69, 9.17) is 9.25 Å². The van der Waals surface area contributed by atoms with Crippen molar-refractivity contribution in [1.29, 1.82) is 0 Å². The van der Waals surface area contributed by atoms with Gasteiger partial charge < -0.3 is 14.6 Å². The second-order valence-electron chi connectivity index (χ2n) is 6.58. The first-order valence-electron chi connectivity index (χ1n) is 9.25. The number of benzene rings is 2. The summed E-state index contributed by atoms with van der Waals surface area (Å²) < 4.78 is 5.89. The van der Waals surface area contributed by atoms with E-state index >= 15 is 0 Å². The Labute approximate surface area is 158 Å². The fourth-order valence-electron chi connectivity index (χ4n) is 3.28. The molecule has 1 fully saturated rings. The SMILES string of the molecule is O=C(Nc1ccccc1)c1ccc(C2CCCCN2Oc2ccccc2)o1. The highest BCUT2D eigenvalue weighted by atomic mass is 16.7. The first kappa shape index (κ1) is 17.4. The molecule has 1 unspecified atom stereocenters. The minimum Gasteiger partial charge on any atom is -0.454 e. The number of para-hydroxylation sites is 2. The summed E-state index contributed by atoms with van der Waals surface area (Å²) in [5.74, 6) is 1.61. The van der Waals surface area contributed by atoms with Gasteiger partial charge in [0.05, 0.1) is 0 Å². The first-order valence-corrected chi connectivity index (χ1v) is 9.25. The van der Waals surface area contributed by atoms with Crippen molar-refractivity contribution in [3.8, 4) is 5.75 Å². The number of nitrogens with zero attached hydrogens (tertiary/aromatic N) is 1. The monoisotopic (exact) mass is 362 g/mol. The Hall–Kier alpha value is -3.05. The maximum absolute atomic E-state index is 12.4. The Morgan fingerprint density at radius 2 is 1.70 bits per heavy atom. The fourth-order valence-corrected chi connectivity index (χ4v) is 3.28. The van der Waals surface area contributed by atoms with Crippen LogP contribution in [0.5, 0.6) is 5.75 Å². The summed E-state index contributed by atoms with van der Waals surface area (Å²) in [6, 6.07) is 22.7. The zero-order valence-electron chi connectivity index (χ0n) is 15.0. The van der Waals surface area contributed by atoms with Gasteiger partial charge in [-0.3, -0.25) is 4.79 Å². The van der Waals surface area contributed by atoms with E-state index in [0.29, 0.717) is 5.76 Å². The number of anilines is 1. The molecule has 27 heavy (non-hydrogen) atoms. The topological polar surface area (TPSA) is 54.7 Å². The Balaban J connectivity index is 1.47. The highest BCUT2D eigenvalue weighted by molar-refractivity contribution is 6.02. The smallest absolute Gasteiger partial charge is 0.291 e. The van der Waals surface area contributed by atoms with Crippen LogP contribution in [-0.4, -0.2) is 17.5 Å². The van der Waals surface area contributed by atoms with E-state index in [9.17, 15) is 4.79 Å². The average Bonchev–Trinajstić information content (AvgIpc) is 3.20. The van der Waals surface area contributed by atoms with Crippen LogP contribution in [0.15, 0.2) is 77.2 Å². The van der Waals surface area contributed by atoms with Crippen molar-refractivity contribution in [2.75, 3.05) is 11.9 Å². The molecule has 1 aromatic heterocycles. The lowest BCUT2D eigenvalue weighted by molar-refractivity contribution is -0.120. The largest absolute Gasteiger partial charge is 0.454 e. The van der Waals surface area contributed by atoms with Gasteiger partial charge in [-0.15, -0.1) is 5.06 Å². The summed E-state index contributed by atoms with van der Waals surface area (Å²) in [5, 5.41) is 4.80. The second-order valence-corrected chi connectivity index (χ2v) is 6.58. The van der Waals surface area contributed by atoms with Crippen LogP contribution in [-0.2, 0) is 0 Å². The van der Waals surface area contributed by atoms with Gasteiger partial charge >= 0.3 is 0 Å². The van der Waals surface area contributed by atoms with Crippen LogP contribution in [0, 0.1) is 0 Å². The van der Waals surface area contributed by atoms with Crippen molar-refractivity contribution in [3.63, 3.8) is 0 Å². The maximum atomic E-state index is 12.4. The Morgan fingerprint density at radius 1 is 0.963 bits per heavy atom. The van der Waals surface area contributed by atoms with E-state index in [0.717, 1.165) is 43.0 Å². The predicted molar refractivity (Wildman–Crippen MR) is 103 cm³/mol. The molecule has 0 spiro atoms. The van der Waals surface area contributed by atoms with Crippen molar-refractivity contribution in [2.45, 2.75) is 25.3 Å². The molecular formula is C22H22N2O3. The number of amides is 1. The van der Waals surface area contributed by atoms with Crippen LogP contribution in [0.1, 0.15) is 41.6 Å². The van der Waals surface area contributed by atoms with Crippen LogP contribution < -0.4 is 10.2 Å². The molecule has 0 radical (unpaired) electrons. The van der Waals surface area contributed by atoms with E-state index in [1.807, 2.05) is 71.8 Å². The predicted octanol–water partition coefficient (Wildman–Crippen LogP) is 5.05. The molecule has 3 aromatic rings. The summed E-state index contributed by atoms with van der Waals surface area (Å²) >= 11 is 0. The van der Waals surface area contributed by atoms with E-state index in [-0.39, 0.29) is 11.9 Å². The molecule has 1 N–H and O–H groups in total. The molecule has 0 saturated carbocycles. The third kappa shape index (κ3) is 4.20. The minimum atomic E-state index is -0.251. The normalized spacial score (nSPS) is 17.4. The standard InChI is InChI=1S/C22H22N2O3/c25-22(23-17-9-3-1-4-10-17)21-15-14-20(26-21)19-13-7-8-16-24(19)27-18-11-5-2-6-12-18/h1-6,9-12,14-15,19H,7-8,13,16H2,(H,23,25). The molecule has 2 heterocycles. The summed E-state index contributed by atoms with van der Waals surface area (Å²) in [4.78, 5) is 18.5. The Morgan fingerprint density at radius 3 is 2.48 bits per heavy atom. The molecule has 2 aromatic carbocycles. The van der Waals surface area contributed by atoms with Gasteiger partial charge in [0.1, 0.15) is 17.6 Å². The molecule has 0 bridgehead atoms. The molecule has 1 aliphatic heterocycles. The van der Waals surface area contributed by atoms with Gasteiger partial charge in [0.2, 0.25) is 0 Å². The molecule has 1 atom stereocenters. The van der Waals surface area contributed by atoms with Gasteiger partial charge in [-0.1, -0.05) is 36.4 Å². The molecule has 0 aliphatic carbocycles. The quantitative estimate of drug-likeness (QED) is 0.690. The summed E-state index contributed by atoms with van der Waals surface area (Å²) in [5.41, 5.74) is 0.743. The number of piperidine rings is 1. The molecular weight excluding hydrogens is 340 g/mol. The Bertz CT molecular complexity index is 877. The fraction of sp³-hybridized carbons (Fsp3) is 0.227. The third-order valence-corrected chi connectivity index (χ3v) is 4.63. The van der Waals surface area contributed by atoms with Crippen LogP contribution >= 0.6 is 0 Å². The number of furan rings is 1. The number of hydrogen-bond acceptors (Lipinski definition) is 4. The van der Waals surface area contributed by atoms with E-state index in [1.165, 1.54) is 0 Å². The van der Waals surface area contributed by atoms with E-state index < -0.39 is 0 Å². The van der Waals surface area contributed by atoms with Crippen molar-refractivity contribution < 1.29 is 14.0 Å². The molecule has 138 valence electrons. The lowest BCUT2D eigenvalue weighted by Gasteiger charge is -2.33. The molecule has 1 saturated heterocycles. The third-order valence-electron chi connectivity index (χ3n) is 4.63. The zero-order chi connectivity index (χ0) is 18.5. The lowest BCUT2D eigenvalue weighted by atomic mass is 10.0. The molecule has 1 amide bonds. The minimum absolute atomic E-state index is 0.00256. The van der Waals surface area contributed by atoms with Crippen LogP contribution in [0.4, 0.5) is 5.69 Å².